The Kier molecular flexibility index (Phi) is 4.43. The second-order valence-electron chi connectivity index (χ2n) is 6.34. The molecule has 1 atom stereocenters. The van der Waals surface area contributed by atoms with Crippen LogP contribution in [0.1, 0.15) is 18.0 Å². The highest BCUT2D eigenvalue weighted by Gasteiger charge is 2.39. The number of carbonyl (C=O) groups is 1. The second kappa shape index (κ2) is 6.90. The molecule has 0 N–H and O–H groups in total. The molecule has 0 spiro atoms. The maximum absolute atomic E-state index is 13.5. The molecule has 27 heavy (non-hydrogen) atoms. The number of amides is 2. The minimum absolute atomic E-state index is 0.238. The van der Waals surface area contributed by atoms with E-state index in [0.717, 1.165) is 6.07 Å². The molecule has 1 saturated heterocycles. The zero-order valence-electron chi connectivity index (χ0n) is 14.1. The van der Waals surface area contributed by atoms with Gasteiger partial charge >= 0.3 is 6.03 Å². The molecule has 1 unspecified atom stereocenters. The summed E-state index contributed by atoms with van der Waals surface area (Å²) in [5.41, 5.74) is 0.351. The summed E-state index contributed by atoms with van der Waals surface area (Å²) in [5, 5.41) is 5.28. The highest BCUT2D eigenvalue weighted by Crippen LogP contribution is 2.31. The summed E-state index contributed by atoms with van der Waals surface area (Å²) in [6.07, 6.45) is 2.96. The zero-order chi connectivity index (χ0) is 19.0. The van der Waals surface area contributed by atoms with Gasteiger partial charge in [-0.25, -0.2) is 23.6 Å². The Labute approximate surface area is 152 Å². The number of hydrogen-bond acceptors (Lipinski definition) is 4. The number of ether oxygens (including phenoxy) is 1. The Balaban J connectivity index is 1.38. The molecule has 9 heteroatoms. The van der Waals surface area contributed by atoms with Gasteiger partial charge in [0.25, 0.3) is 0 Å². The number of benzene rings is 1. The van der Waals surface area contributed by atoms with Gasteiger partial charge in [-0.2, -0.15) is 9.49 Å². The van der Waals surface area contributed by atoms with Crippen molar-refractivity contribution in [2.75, 3.05) is 13.1 Å². The van der Waals surface area contributed by atoms with Crippen LogP contribution in [0.5, 0.6) is 5.75 Å². The number of aromatic nitrogens is 1. The fourth-order valence-electron chi connectivity index (χ4n) is 3.08. The molecule has 140 valence electrons. The van der Waals surface area contributed by atoms with Crippen LogP contribution in [-0.4, -0.2) is 46.3 Å². The van der Waals surface area contributed by atoms with Crippen molar-refractivity contribution < 1.29 is 22.7 Å². The number of hydrazone groups is 1. The van der Waals surface area contributed by atoms with E-state index in [0.29, 0.717) is 30.8 Å². The van der Waals surface area contributed by atoms with Crippen molar-refractivity contribution in [3.8, 4) is 5.75 Å². The predicted molar refractivity (Wildman–Crippen MR) is 89.6 cm³/mol. The molecule has 1 fully saturated rings. The van der Waals surface area contributed by atoms with Gasteiger partial charge in [-0.05, 0) is 29.8 Å². The van der Waals surface area contributed by atoms with Crippen molar-refractivity contribution in [1.29, 1.82) is 0 Å². The monoisotopic (exact) mass is 376 g/mol. The number of hydrogen-bond donors (Lipinski definition) is 0. The molecule has 2 aliphatic rings. The third kappa shape index (κ3) is 3.57. The van der Waals surface area contributed by atoms with E-state index < -0.39 is 23.6 Å². The van der Waals surface area contributed by atoms with E-state index in [1.54, 1.807) is 6.21 Å². The lowest BCUT2D eigenvalue weighted by atomic mass is 10.0. The molecule has 4 rings (SSSR count). The SMILES string of the molecule is O=C(N1CC(Oc2ccc(F)nc2)C1)N1N=CCC1c1cc(F)cc(F)c1. The Morgan fingerprint density at radius 3 is 2.52 bits per heavy atom. The average molecular weight is 376 g/mol. The molecule has 0 aliphatic carbocycles. The summed E-state index contributed by atoms with van der Waals surface area (Å²) in [5.74, 6) is -1.58. The molecule has 1 aromatic carbocycles. The number of halogens is 3. The maximum atomic E-state index is 13.5. The number of carbonyl (C=O) groups excluding carboxylic acids is 1. The molecular formula is C18H15F3N4O2. The highest BCUT2D eigenvalue weighted by molar-refractivity contribution is 5.79. The van der Waals surface area contributed by atoms with Crippen LogP contribution in [0.15, 0.2) is 41.6 Å². The Morgan fingerprint density at radius 1 is 1.11 bits per heavy atom. The van der Waals surface area contributed by atoms with Gasteiger partial charge in [0, 0.05) is 18.7 Å². The van der Waals surface area contributed by atoms with E-state index in [1.165, 1.54) is 40.4 Å². The average Bonchev–Trinajstić information content (AvgIpc) is 3.08. The third-order valence-electron chi connectivity index (χ3n) is 4.42. The van der Waals surface area contributed by atoms with Gasteiger partial charge in [0.1, 0.15) is 23.5 Å². The standard InChI is InChI=1S/C18H15F3N4O2/c19-12-5-11(6-13(20)7-12)16-3-4-23-25(16)18(26)24-9-15(10-24)27-14-1-2-17(21)22-8-14/h1-2,4-8,15-16H,3,9-10H2. The zero-order valence-corrected chi connectivity index (χ0v) is 14.1. The molecule has 0 radical (unpaired) electrons. The number of likely N-dealkylation sites (tertiary alicyclic amines) is 1. The molecule has 0 bridgehead atoms. The Morgan fingerprint density at radius 2 is 1.85 bits per heavy atom. The van der Waals surface area contributed by atoms with Gasteiger partial charge in [-0.1, -0.05) is 0 Å². The first-order valence-corrected chi connectivity index (χ1v) is 8.34. The maximum Gasteiger partial charge on any atom is 0.341 e. The van der Waals surface area contributed by atoms with Crippen LogP contribution in [0.3, 0.4) is 0 Å². The first-order valence-electron chi connectivity index (χ1n) is 8.34. The van der Waals surface area contributed by atoms with Crippen molar-refractivity contribution >= 4 is 12.2 Å². The van der Waals surface area contributed by atoms with Gasteiger partial charge in [-0.15, -0.1) is 0 Å². The lowest BCUT2D eigenvalue weighted by molar-refractivity contribution is 0.0274. The van der Waals surface area contributed by atoms with Crippen LogP contribution in [-0.2, 0) is 0 Å². The van der Waals surface area contributed by atoms with Crippen molar-refractivity contribution in [3.63, 3.8) is 0 Å². The van der Waals surface area contributed by atoms with Gasteiger partial charge in [-0.3, -0.25) is 0 Å². The van der Waals surface area contributed by atoms with Crippen LogP contribution >= 0.6 is 0 Å². The number of pyridine rings is 1. The number of rotatable bonds is 3. The Hall–Kier alpha value is -3.10. The van der Waals surface area contributed by atoms with Crippen LogP contribution in [0.25, 0.3) is 0 Å². The summed E-state index contributed by atoms with van der Waals surface area (Å²) in [7, 11) is 0. The summed E-state index contributed by atoms with van der Waals surface area (Å²) in [6.45, 7) is 0.652. The molecule has 2 amide bonds. The van der Waals surface area contributed by atoms with Crippen molar-refractivity contribution in [2.24, 2.45) is 5.10 Å². The highest BCUT2D eigenvalue weighted by atomic mass is 19.1. The lowest BCUT2D eigenvalue weighted by Gasteiger charge is -2.40. The van der Waals surface area contributed by atoms with Crippen LogP contribution < -0.4 is 4.74 Å². The fourth-order valence-corrected chi connectivity index (χ4v) is 3.08. The minimum atomic E-state index is -0.699. The minimum Gasteiger partial charge on any atom is -0.485 e. The van der Waals surface area contributed by atoms with Crippen LogP contribution in [0.2, 0.25) is 0 Å². The predicted octanol–water partition coefficient (Wildman–Crippen LogP) is 3.11. The normalized spacial score (nSPS) is 19.3. The van der Waals surface area contributed by atoms with E-state index in [1.807, 2.05) is 0 Å². The fraction of sp³-hybridized carbons (Fsp3) is 0.278. The van der Waals surface area contributed by atoms with Gasteiger partial charge in [0.2, 0.25) is 5.95 Å². The molecule has 1 aromatic heterocycles. The first kappa shape index (κ1) is 17.3. The molecule has 2 aliphatic heterocycles. The largest absolute Gasteiger partial charge is 0.485 e. The summed E-state index contributed by atoms with van der Waals surface area (Å²) >= 11 is 0. The van der Waals surface area contributed by atoms with Gasteiger partial charge < -0.3 is 9.64 Å². The first-order chi connectivity index (χ1) is 13.0. The summed E-state index contributed by atoms with van der Waals surface area (Å²) in [4.78, 5) is 17.7. The van der Waals surface area contributed by atoms with E-state index >= 15 is 0 Å². The smallest absolute Gasteiger partial charge is 0.341 e. The number of nitrogens with zero attached hydrogens (tertiary/aromatic N) is 4. The van der Waals surface area contributed by atoms with Crippen LogP contribution in [0, 0.1) is 17.6 Å². The summed E-state index contributed by atoms with van der Waals surface area (Å²) in [6, 6.07) is 4.93. The Bertz CT molecular complexity index is 864. The third-order valence-corrected chi connectivity index (χ3v) is 4.42. The van der Waals surface area contributed by atoms with Crippen molar-refractivity contribution in [2.45, 2.75) is 18.6 Å². The van der Waals surface area contributed by atoms with E-state index in [4.69, 9.17) is 4.74 Å². The van der Waals surface area contributed by atoms with E-state index in [2.05, 4.69) is 10.1 Å². The second-order valence-corrected chi connectivity index (χ2v) is 6.34. The van der Waals surface area contributed by atoms with Crippen molar-refractivity contribution in [1.82, 2.24) is 14.9 Å². The lowest BCUT2D eigenvalue weighted by Crippen LogP contribution is -2.58. The molecular weight excluding hydrogens is 361 g/mol. The van der Waals surface area contributed by atoms with E-state index in [-0.39, 0.29) is 12.1 Å². The molecule has 0 saturated carbocycles. The van der Waals surface area contributed by atoms with E-state index in [9.17, 15) is 18.0 Å². The van der Waals surface area contributed by atoms with Crippen LogP contribution in [0.4, 0.5) is 18.0 Å². The van der Waals surface area contributed by atoms with Gasteiger partial charge in [0.05, 0.1) is 25.3 Å². The van der Waals surface area contributed by atoms with Gasteiger partial charge in [0.15, 0.2) is 0 Å². The van der Waals surface area contributed by atoms with Crippen molar-refractivity contribution in [3.05, 3.63) is 59.7 Å². The topological polar surface area (TPSA) is 58.0 Å². The summed E-state index contributed by atoms with van der Waals surface area (Å²) < 4.78 is 45.4. The molecule has 2 aromatic rings. The quantitative estimate of drug-likeness (QED) is 0.774. The molecule has 3 heterocycles. The molecule has 6 nitrogen and oxygen atoms in total. The number of urea groups is 1.